The lowest BCUT2D eigenvalue weighted by Gasteiger charge is -2.13. The van der Waals surface area contributed by atoms with Gasteiger partial charge in [-0.2, -0.15) is 0 Å². The van der Waals surface area contributed by atoms with E-state index in [1.807, 2.05) is 41.0 Å². The fourth-order valence-electron chi connectivity index (χ4n) is 2.43. The molecule has 0 aliphatic rings. The maximum absolute atomic E-state index is 11.5. The molecule has 5 nitrogen and oxygen atoms in total. The highest BCUT2D eigenvalue weighted by Gasteiger charge is 2.20. The monoisotopic (exact) mass is 352 g/mol. The van der Waals surface area contributed by atoms with Crippen LogP contribution in [0.25, 0.3) is 17.1 Å². The third kappa shape index (κ3) is 3.58. The molecule has 0 spiro atoms. The summed E-state index contributed by atoms with van der Waals surface area (Å²) in [5.74, 6) is 0.365. The number of nitrogens with zero attached hydrogens (tertiary/aromatic N) is 3. The van der Waals surface area contributed by atoms with Gasteiger partial charge in [0.25, 0.3) is 0 Å². The number of hydrogen-bond donors (Lipinski definition) is 1. The summed E-state index contributed by atoms with van der Waals surface area (Å²) in [6.07, 6.45) is 0. The van der Waals surface area contributed by atoms with Crippen LogP contribution in [-0.2, 0) is 4.79 Å². The van der Waals surface area contributed by atoms with Gasteiger partial charge < -0.3 is 5.73 Å². The van der Waals surface area contributed by atoms with Crippen LogP contribution in [-0.4, -0.2) is 25.9 Å². The van der Waals surface area contributed by atoms with E-state index in [0.717, 1.165) is 17.1 Å². The van der Waals surface area contributed by atoms with E-state index in [2.05, 4.69) is 36.2 Å². The molecule has 0 aliphatic carbocycles. The Morgan fingerprint density at radius 2 is 1.80 bits per heavy atom. The molecule has 3 rings (SSSR count). The van der Waals surface area contributed by atoms with Crippen LogP contribution in [0.4, 0.5) is 0 Å². The van der Waals surface area contributed by atoms with E-state index in [4.69, 9.17) is 5.73 Å². The molecule has 1 heterocycles. The van der Waals surface area contributed by atoms with Crippen molar-refractivity contribution in [3.8, 4) is 17.1 Å². The van der Waals surface area contributed by atoms with Gasteiger partial charge in [-0.25, -0.2) is 0 Å². The lowest BCUT2D eigenvalue weighted by molar-refractivity contribution is -0.117. The molecule has 0 unspecified atom stereocenters. The van der Waals surface area contributed by atoms with Crippen molar-refractivity contribution in [2.45, 2.75) is 31.2 Å². The van der Waals surface area contributed by atoms with Crippen LogP contribution in [0.3, 0.4) is 0 Å². The van der Waals surface area contributed by atoms with Crippen LogP contribution in [0.15, 0.2) is 53.7 Å². The minimum Gasteiger partial charge on any atom is -0.369 e. The summed E-state index contributed by atoms with van der Waals surface area (Å²) < 4.78 is 1.98. The predicted octanol–water partition coefficient (Wildman–Crippen LogP) is 3.52. The molecular formula is C19H20N4OS. The number of primary amides is 1. The van der Waals surface area contributed by atoms with E-state index in [9.17, 15) is 4.79 Å². The largest absolute Gasteiger partial charge is 0.369 e. The van der Waals surface area contributed by atoms with Crippen LogP contribution >= 0.6 is 11.8 Å². The molecule has 1 atom stereocenters. The summed E-state index contributed by atoms with van der Waals surface area (Å²) in [4.78, 5) is 11.5. The Hall–Kier alpha value is -2.60. The Bertz CT molecular complexity index is 905. The Balaban J connectivity index is 2.15. The molecule has 0 bridgehead atoms. The van der Waals surface area contributed by atoms with Crippen molar-refractivity contribution < 1.29 is 4.79 Å². The van der Waals surface area contributed by atoms with Crippen LogP contribution in [0, 0.1) is 13.8 Å². The molecule has 6 heteroatoms. The Kier molecular flexibility index (Phi) is 4.90. The number of hydrogen-bond acceptors (Lipinski definition) is 4. The summed E-state index contributed by atoms with van der Waals surface area (Å²) in [5, 5.41) is 8.93. The Morgan fingerprint density at radius 3 is 2.44 bits per heavy atom. The van der Waals surface area contributed by atoms with Gasteiger partial charge in [0.1, 0.15) is 0 Å². The van der Waals surface area contributed by atoms with Gasteiger partial charge in [0.2, 0.25) is 5.91 Å². The first kappa shape index (κ1) is 17.2. The van der Waals surface area contributed by atoms with E-state index >= 15 is 0 Å². The molecule has 128 valence electrons. The summed E-state index contributed by atoms with van der Waals surface area (Å²) in [7, 11) is 0. The van der Waals surface area contributed by atoms with E-state index in [0.29, 0.717) is 5.16 Å². The van der Waals surface area contributed by atoms with Crippen molar-refractivity contribution >= 4 is 17.7 Å². The standard InChI is InChI=1S/C19H20N4OS/c1-12-9-10-16(11-13(12)2)23-18(15-7-5-4-6-8-15)21-22-19(23)25-14(3)17(20)24/h4-11,14H,1-3H3,(H2,20,24)/t14-/m1/s1. The first-order valence-electron chi connectivity index (χ1n) is 8.02. The van der Waals surface area contributed by atoms with Crippen molar-refractivity contribution in [1.82, 2.24) is 14.8 Å². The van der Waals surface area contributed by atoms with Crippen LogP contribution in [0.1, 0.15) is 18.1 Å². The first-order chi connectivity index (χ1) is 12.0. The van der Waals surface area contributed by atoms with Crippen molar-refractivity contribution in [1.29, 1.82) is 0 Å². The Labute approximate surface area is 151 Å². The molecule has 0 saturated carbocycles. The van der Waals surface area contributed by atoms with Gasteiger partial charge in [-0.3, -0.25) is 9.36 Å². The van der Waals surface area contributed by atoms with E-state index < -0.39 is 5.25 Å². The normalized spacial score (nSPS) is 12.1. The maximum atomic E-state index is 11.5. The van der Waals surface area contributed by atoms with E-state index in [-0.39, 0.29) is 5.91 Å². The average Bonchev–Trinajstić information content (AvgIpc) is 3.01. The number of carbonyl (C=O) groups is 1. The van der Waals surface area contributed by atoms with E-state index in [1.165, 1.54) is 22.9 Å². The molecule has 1 aromatic heterocycles. The zero-order valence-corrected chi connectivity index (χ0v) is 15.2. The quantitative estimate of drug-likeness (QED) is 0.713. The fraction of sp³-hybridized carbons (Fsp3) is 0.211. The number of aromatic nitrogens is 3. The average molecular weight is 352 g/mol. The van der Waals surface area contributed by atoms with Gasteiger partial charge in [-0.1, -0.05) is 48.2 Å². The third-order valence-corrected chi connectivity index (χ3v) is 5.16. The summed E-state index contributed by atoms with van der Waals surface area (Å²) in [6, 6.07) is 16.1. The first-order valence-corrected chi connectivity index (χ1v) is 8.90. The SMILES string of the molecule is Cc1ccc(-n2c(S[C@H](C)C(N)=O)nnc2-c2ccccc2)cc1C. The summed E-state index contributed by atoms with van der Waals surface area (Å²) in [6.45, 7) is 5.92. The number of amides is 1. The lowest BCUT2D eigenvalue weighted by Crippen LogP contribution is -2.23. The number of benzene rings is 2. The zero-order chi connectivity index (χ0) is 18.0. The van der Waals surface area contributed by atoms with Crippen molar-refractivity contribution in [3.63, 3.8) is 0 Å². The smallest absolute Gasteiger partial charge is 0.230 e. The number of aryl methyl sites for hydroxylation is 2. The van der Waals surface area contributed by atoms with Gasteiger partial charge in [-0.15, -0.1) is 10.2 Å². The minimum absolute atomic E-state index is 0.374. The predicted molar refractivity (Wildman–Crippen MR) is 101 cm³/mol. The van der Waals surface area contributed by atoms with Crippen molar-refractivity contribution in [3.05, 3.63) is 59.7 Å². The number of thioether (sulfide) groups is 1. The lowest BCUT2D eigenvalue weighted by atomic mass is 10.1. The second-order valence-corrected chi connectivity index (χ2v) is 7.25. The molecule has 1 amide bonds. The van der Waals surface area contributed by atoms with Gasteiger partial charge in [0, 0.05) is 5.56 Å². The molecule has 0 aliphatic heterocycles. The highest BCUT2D eigenvalue weighted by Crippen LogP contribution is 2.30. The number of nitrogens with two attached hydrogens (primary N) is 1. The molecule has 25 heavy (non-hydrogen) atoms. The van der Waals surface area contributed by atoms with Gasteiger partial charge in [0.05, 0.1) is 10.9 Å². The second-order valence-electron chi connectivity index (χ2n) is 5.94. The van der Waals surface area contributed by atoms with Crippen LogP contribution in [0.5, 0.6) is 0 Å². The maximum Gasteiger partial charge on any atom is 0.230 e. The summed E-state index contributed by atoms with van der Waals surface area (Å²) >= 11 is 1.31. The Morgan fingerprint density at radius 1 is 1.08 bits per heavy atom. The molecule has 0 fully saturated rings. The van der Waals surface area contributed by atoms with Crippen LogP contribution in [0.2, 0.25) is 0 Å². The third-order valence-electron chi connectivity index (χ3n) is 4.10. The second kappa shape index (κ2) is 7.11. The van der Waals surface area contributed by atoms with Crippen molar-refractivity contribution in [2.24, 2.45) is 5.73 Å². The van der Waals surface area contributed by atoms with Crippen LogP contribution < -0.4 is 5.73 Å². The topological polar surface area (TPSA) is 73.8 Å². The molecule has 2 N–H and O–H groups in total. The molecule has 0 radical (unpaired) electrons. The van der Waals surface area contributed by atoms with Gasteiger partial charge in [0.15, 0.2) is 11.0 Å². The molecule has 0 saturated heterocycles. The zero-order valence-electron chi connectivity index (χ0n) is 14.4. The fourth-order valence-corrected chi connectivity index (χ4v) is 3.25. The highest BCUT2D eigenvalue weighted by molar-refractivity contribution is 8.00. The number of carbonyl (C=O) groups excluding carboxylic acids is 1. The highest BCUT2D eigenvalue weighted by atomic mass is 32.2. The van der Waals surface area contributed by atoms with Gasteiger partial charge in [-0.05, 0) is 44.0 Å². The molecular weight excluding hydrogens is 332 g/mol. The van der Waals surface area contributed by atoms with E-state index in [1.54, 1.807) is 6.92 Å². The van der Waals surface area contributed by atoms with Crippen molar-refractivity contribution in [2.75, 3.05) is 0 Å². The minimum atomic E-state index is -0.391. The number of rotatable bonds is 5. The molecule has 2 aromatic carbocycles. The van der Waals surface area contributed by atoms with Gasteiger partial charge >= 0.3 is 0 Å². The summed E-state index contributed by atoms with van der Waals surface area (Å²) in [5.41, 5.74) is 9.75. The molecule has 3 aromatic rings.